The molecule has 0 radical (unpaired) electrons. The molecule has 29 heavy (non-hydrogen) atoms. The van der Waals surface area contributed by atoms with E-state index in [1.807, 2.05) is 12.1 Å². The fraction of sp³-hybridized carbons (Fsp3) is 0.238. The minimum atomic E-state index is -0.827. The van der Waals surface area contributed by atoms with E-state index in [4.69, 9.17) is 11.6 Å². The van der Waals surface area contributed by atoms with E-state index in [0.717, 1.165) is 49.4 Å². The summed E-state index contributed by atoms with van der Waals surface area (Å²) in [4.78, 5) is 13.0. The van der Waals surface area contributed by atoms with Crippen LogP contribution in [0.2, 0.25) is 5.02 Å². The molecule has 1 saturated heterocycles. The summed E-state index contributed by atoms with van der Waals surface area (Å²) in [6.45, 7) is 1.67. The highest BCUT2D eigenvalue weighted by molar-refractivity contribution is 6.30. The van der Waals surface area contributed by atoms with Gasteiger partial charge in [0.2, 0.25) is 0 Å². The molecule has 8 heteroatoms. The van der Waals surface area contributed by atoms with Gasteiger partial charge < -0.3 is 10.6 Å². The van der Waals surface area contributed by atoms with E-state index in [9.17, 15) is 13.6 Å². The summed E-state index contributed by atoms with van der Waals surface area (Å²) < 4.78 is 28.9. The molecule has 0 bridgehead atoms. The van der Waals surface area contributed by atoms with Crippen molar-refractivity contribution < 1.29 is 13.6 Å². The lowest BCUT2D eigenvalue weighted by Crippen LogP contribution is -2.29. The van der Waals surface area contributed by atoms with Gasteiger partial charge in [-0.05, 0) is 62.3 Å². The maximum absolute atomic E-state index is 14.0. The number of halogens is 3. The van der Waals surface area contributed by atoms with Crippen molar-refractivity contribution in [2.75, 3.05) is 18.4 Å². The zero-order valence-electron chi connectivity index (χ0n) is 15.5. The third-order valence-corrected chi connectivity index (χ3v) is 5.28. The Kier molecular flexibility index (Phi) is 5.60. The monoisotopic (exact) mass is 416 g/mol. The van der Waals surface area contributed by atoms with Crippen LogP contribution in [-0.2, 0) is 0 Å². The minimum Gasteiger partial charge on any atom is -0.319 e. The van der Waals surface area contributed by atoms with E-state index in [1.54, 1.807) is 16.8 Å². The summed E-state index contributed by atoms with van der Waals surface area (Å²) in [7, 11) is 0. The molecule has 5 nitrogen and oxygen atoms in total. The van der Waals surface area contributed by atoms with E-state index in [-0.39, 0.29) is 11.6 Å². The minimum absolute atomic E-state index is 0.0769. The molecule has 0 unspecified atom stereocenters. The summed E-state index contributed by atoms with van der Waals surface area (Å²) in [5.41, 5.74) is 1.85. The summed E-state index contributed by atoms with van der Waals surface area (Å²) in [6, 6.07) is 10.2. The summed E-state index contributed by atoms with van der Waals surface area (Å²) in [5, 5.41) is 10.9. The lowest BCUT2D eigenvalue weighted by atomic mass is 9.91. The SMILES string of the molecule is O=C(Nc1ccc(F)cc1F)c1cnn(-c2ccc(Cl)cc2)c1C1CCNCC1. The average Bonchev–Trinajstić information content (AvgIpc) is 3.16. The Hall–Kier alpha value is -2.77. The second-order valence-corrected chi connectivity index (χ2v) is 7.37. The van der Waals surface area contributed by atoms with Crippen LogP contribution in [0.4, 0.5) is 14.5 Å². The average molecular weight is 417 g/mol. The molecule has 4 rings (SSSR count). The molecule has 2 aromatic carbocycles. The van der Waals surface area contributed by atoms with Crippen molar-refractivity contribution in [1.29, 1.82) is 0 Å². The van der Waals surface area contributed by atoms with E-state index < -0.39 is 17.5 Å². The Labute approximate surface area is 171 Å². The Balaban J connectivity index is 1.72. The number of carbonyl (C=O) groups is 1. The highest BCUT2D eigenvalue weighted by atomic mass is 35.5. The highest BCUT2D eigenvalue weighted by Crippen LogP contribution is 2.31. The van der Waals surface area contributed by atoms with E-state index in [2.05, 4.69) is 15.7 Å². The first-order chi connectivity index (χ1) is 14.0. The quantitative estimate of drug-likeness (QED) is 0.657. The van der Waals surface area contributed by atoms with E-state index in [1.165, 1.54) is 12.3 Å². The first-order valence-corrected chi connectivity index (χ1v) is 9.71. The van der Waals surface area contributed by atoms with Crippen molar-refractivity contribution in [3.05, 3.63) is 76.6 Å². The number of nitrogens with one attached hydrogen (secondary N) is 2. The van der Waals surface area contributed by atoms with Gasteiger partial charge in [0, 0.05) is 17.0 Å². The molecule has 2 heterocycles. The topological polar surface area (TPSA) is 59.0 Å². The molecular formula is C21H19ClF2N4O. The number of hydrogen-bond acceptors (Lipinski definition) is 3. The molecule has 1 aromatic heterocycles. The second-order valence-electron chi connectivity index (χ2n) is 6.93. The van der Waals surface area contributed by atoms with Crippen LogP contribution in [0.25, 0.3) is 5.69 Å². The van der Waals surface area contributed by atoms with Crippen LogP contribution in [0.3, 0.4) is 0 Å². The predicted octanol–water partition coefficient (Wildman–Crippen LogP) is 4.52. The summed E-state index contributed by atoms with van der Waals surface area (Å²) >= 11 is 6.00. The Morgan fingerprint density at radius 1 is 1.14 bits per heavy atom. The number of anilines is 1. The molecule has 2 N–H and O–H groups in total. The predicted molar refractivity (Wildman–Crippen MR) is 108 cm³/mol. The summed E-state index contributed by atoms with van der Waals surface area (Å²) in [5.74, 6) is -1.89. The fourth-order valence-corrected chi connectivity index (χ4v) is 3.72. The van der Waals surface area contributed by atoms with Gasteiger partial charge >= 0.3 is 0 Å². The van der Waals surface area contributed by atoms with Gasteiger partial charge in [0.25, 0.3) is 5.91 Å². The number of amides is 1. The number of nitrogens with zero attached hydrogens (tertiary/aromatic N) is 2. The van der Waals surface area contributed by atoms with Crippen molar-refractivity contribution in [2.45, 2.75) is 18.8 Å². The van der Waals surface area contributed by atoms with Gasteiger partial charge in [0.05, 0.1) is 28.8 Å². The van der Waals surface area contributed by atoms with Crippen LogP contribution in [0.5, 0.6) is 0 Å². The number of benzene rings is 2. The van der Waals surface area contributed by atoms with Gasteiger partial charge in [-0.25, -0.2) is 13.5 Å². The molecular weight excluding hydrogens is 398 g/mol. The van der Waals surface area contributed by atoms with Crippen molar-refractivity contribution in [3.8, 4) is 5.69 Å². The van der Waals surface area contributed by atoms with Gasteiger partial charge in [-0.15, -0.1) is 0 Å². The first kappa shape index (κ1) is 19.5. The van der Waals surface area contributed by atoms with Gasteiger partial charge in [-0.3, -0.25) is 4.79 Å². The maximum atomic E-state index is 14.0. The molecule has 150 valence electrons. The van der Waals surface area contributed by atoms with Crippen LogP contribution in [0.1, 0.15) is 34.8 Å². The van der Waals surface area contributed by atoms with Crippen molar-refractivity contribution in [3.63, 3.8) is 0 Å². The molecule has 1 amide bonds. The Morgan fingerprint density at radius 2 is 1.86 bits per heavy atom. The number of carbonyl (C=O) groups excluding carboxylic acids is 1. The van der Waals surface area contributed by atoms with Crippen LogP contribution in [0.15, 0.2) is 48.7 Å². The Morgan fingerprint density at radius 3 is 2.55 bits per heavy atom. The number of piperidine rings is 1. The molecule has 1 aliphatic heterocycles. The normalized spacial score (nSPS) is 14.7. The molecule has 0 saturated carbocycles. The van der Waals surface area contributed by atoms with E-state index in [0.29, 0.717) is 10.6 Å². The van der Waals surface area contributed by atoms with Crippen LogP contribution >= 0.6 is 11.6 Å². The largest absolute Gasteiger partial charge is 0.319 e. The molecule has 0 aliphatic carbocycles. The molecule has 0 spiro atoms. The Bertz CT molecular complexity index is 1030. The van der Waals surface area contributed by atoms with E-state index >= 15 is 0 Å². The number of rotatable bonds is 4. The lowest BCUT2D eigenvalue weighted by Gasteiger charge is -2.24. The van der Waals surface area contributed by atoms with Crippen LogP contribution in [-0.4, -0.2) is 28.8 Å². The number of hydrogen-bond donors (Lipinski definition) is 2. The maximum Gasteiger partial charge on any atom is 0.259 e. The van der Waals surface area contributed by atoms with Crippen molar-refractivity contribution in [1.82, 2.24) is 15.1 Å². The third kappa shape index (κ3) is 4.16. The van der Waals surface area contributed by atoms with Crippen LogP contribution in [0, 0.1) is 11.6 Å². The molecule has 0 atom stereocenters. The van der Waals surface area contributed by atoms with Crippen molar-refractivity contribution in [2.24, 2.45) is 0 Å². The molecule has 1 fully saturated rings. The third-order valence-electron chi connectivity index (χ3n) is 5.03. The van der Waals surface area contributed by atoms with Gasteiger partial charge in [-0.2, -0.15) is 5.10 Å². The smallest absolute Gasteiger partial charge is 0.259 e. The van der Waals surface area contributed by atoms with Crippen LogP contribution < -0.4 is 10.6 Å². The number of aromatic nitrogens is 2. The van der Waals surface area contributed by atoms with Crippen molar-refractivity contribution >= 4 is 23.2 Å². The molecule has 1 aliphatic rings. The van der Waals surface area contributed by atoms with Gasteiger partial charge in [0.1, 0.15) is 11.6 Å². The molecule has 3 aromatic rings. The van der Waals surface area contributed by atoms with Gasteiger partial charge in [-0.1, -0.05) is 11.6 Å². The zero-order valence-corrected chi connectivity index (χ0v) is 16.2. The fourth-order valence-electron chi connectivity index (χ4n) is 3.59. The zero-order chi connectivity index (χ0) is 20.4. The lowest BCUT2D eigenvalue weighted by molar-refractivity contribution is 0.102. The summed E-state index contributed by atoms with van der Waals surface area (Å²) in [6.07, 6.45) is 3.19. The first-order valence-electron chi connectivity index (χ1n) is 9.34. The highest BCUT2D eigenvalue weighted by Gasteiger charge is 2.27. The van der Waals surface area contributed by atoms with Gasteiger partial charge in [0.15, 0.2) is 0 Å². The standard InChI is InChI=1S/C21H19ClF2N4O/c22-14-1-4-16(5-2-14)28-20(13-7-9-25-10-8-13)17(12-26-28)21(29)27-19-6-3-15(23)11-18(19)24/h1-6,11-13,25H,7-10H2,(H,27,29). The second kappa shape index (κ2) is 8.31.